The highest BCUT2D eigenvalue weighted by atomic mass is 79.9. The average molecular weight is 354 g/mol. The van der Waals surface area contributed by atoms with Crippen molar-refractivity contribution in [3.05, 3.63) is 22.3 Å². The van der Waals surface area contributed by atoms with Gasteiger partial charge in [-0.25, -0.2) is 4.98 Å². The second-order valence-corrected chi connectivity index (χ2v) is 8.39. The highest BCUT2D eigenvalue weighted by Gasteiger charge is 2.27. The summed E-state index contributed by atoms with van der Waals surface area (Å²) in [6.45, 7) is 14.4. The van der Waals surface area contributed by atoms with E-state index in [-0.39, 0.29) is 5.54 Å². The molecule has 0 bridgehead atoms. The third kappa shape index (κ3) is 4.68. The number of nitrogens with one attached hydrogen (secondary N) is 1. The van der Waals surface area contributed by atoms with E-state index < -0.39 is 0 Å². The number of hydrogen-bond donors (Lipinski definition) is 1. The molecule has 2 heterocycles. The maximum atomic E-state index is 4.69. The Morgan fingerprint density at radius 2 is 2.14 bits per heavy atom. The van der Waals surface area contributed by atoms with Gasteiger partial charge in [-0.15, -0.1) is 0 Å². The Hall–Kier alpha value is -0.610. The van der Waals surface area contributed by atoms with Crippen LogP contribution in [0.1, 0.15) is 46.6 Å². The summed E-state index contributed by atoms with van der Waals surface area (Å²) in [5.74, 6) is 2.69. The molecule has 1 aromatic heterocycles. The van der Waals surface area contributed by atoms with Gasteiger partial charge < -0.3 is 10.2 Å². The van der Waals surface area contributed by atoms with Gasteiger partial charge in [-0.05, 0) is 61.0 Å². The van der Waals surface area contributed by atoms with Crippen LogP contribution in [0.4, 0.5) is 5.82 Å². The molecule has 3 nitrogen and oxygen atoms in total. The lowest BCUT2D eigenvalue weighted by molar-refractivity contribution is 0.420. The molecule has 1 unspecified atom stereocenters. The Labute approximate surface area is 137 Å². The van der Waals surface area contributed by atoms with Crippen LogP contribution in [-0.2, 0) is 6.54 Å². The van der Waals surface area contributed by atoms with E-state index in [1.165, 1.54) is 12.0 Å². The largest absolute Gasteiger partial charge is 0.356 e. The molecule has 0 radical (unpaired) electrons. The van der Waals surface area contributed by atoms with E-state index in [0.717, 1.165) is 41.8 Å². The number of hydrogen-bond acceptors (Lipinski definition) is 3. The van der Waals surface area contributed by atoms with Gasteiger partial charge in [-0.2, -0.15) is 0 Å². The molecule has 0 spiro atoms. The summed E-state index contributed by atoms with van der Waals surface area (Å²) in [4.78, 5) is 7.15. The van der Waals surface area contributed by atoms with E-state index in [2.05, 4.69) is 66.8 Å². The van der Waals surface area contributed by atoms with Crippen LogP contribution < -0.4 is 10.2 Å². The van der Waals surface area contributed by atoms with Crippen molar-refractivity contribution in [2.24, 2.45) is 11.8 Å². The molecule has 0 amide bonds. The summed E-state index contributed by atoms with van der Waals surface area (Å²) in [5, 5.41) is 3.58. The molecule has 1 fully saturated rings. The highest BCUT2D eigenvalue weighted by Crippen LogP contribution is 2.30. The Morgan fingerprint density at radius 1 is 1.43 bits per heavy atom. The van der Waals surface area contributed by atoms with Gasteiger partial charge in [0.15, 0.2) is 0 Å². The summed E-state index contributed by atoms with van der Waals surface area (Å²) in [5.41, 5.74) is 1.40. The first-order valence-electron chi connectivity index (χ1n) is 7.90. The summed E-state index contributed by atoms with van der Waals surface area (Å²) < 4.78 is 1.05. The number of aromatic nitrogens is 1. The van der Waals surface area contributed by atoms with Gasteiger partial charge in [-0.1, -0.05) is 13.8 Å². The molecule has 1 atom stereocenters. The van der Waals surface area contributed by atoms with Crippen LogP contribution in [0.3, 0.4) is 0 Å². The summed E-state index contributed by atoms with van der Waals surface area (Å²) >= 11 is 3.55. The Balaban J connectivity index is 2.15. The van der Waals surface area contributed by atoms with Crippen LogP contribution in [0, 0.1) is 11.8 Å². The average Bonchev–Trinajstić information content (AvgIpc) is 2.85. The monoisotopic (exact) mass is 353 g/mol. The van der Waals surface area contributed by atoms with Crippen LogP contribution in [0.2, 0.25) is 0 Å². The van der Waals surface area contributed by atoms with Crippen molar-refractivity contribution < 1.29 is 0 Å². The molecule has 1 aliphatic rings. The predicted octanol–water partition coefficient (Wildman–Crippen LogP) is 4.21. The first-order chi connectivity index (χ1) is 9.76. The zero-order chi connectivity index (χ0) is 15.6. The molecule has 118 valence electrons. The Kier molecular flexibility index (Phi) is 5.31. The highest BCUT2D eigenvalue weighted by molar-refractivity contribution is 9.10. The summed E-state index contributed by atoms with van der Waals surface area (Å²) in [6, 6.07) is 2.20. The van der Waals surface area contributed by atoms with Crippen molar-refractivity contribution in [3.8, 4) is 0 Å². The third-order valence-electron chi connectivity index (χ3n) is 4.19. The maximum absolute atomic E-state index is 4.69. The second-order valence-electron chi connectivity index (χ2n) is 7.48. The molecule has 1 aliphatic heterocycles. The Bertz CT molecular complexity index is 479. The van der Waals surface area contributed by atoms with Crippen molar-refractivity contribution in [3.63, 3.8) is 0 Å². The van der Waals surface area contributed by atoms with Crippen LogP contribution in [0.5, 0.6) is 0 Å². The molecular formula is C17H28BrN3. The van der Waals surface area contributed by atoms with Gasteiger partial charge in [-0.3, -0.25) is 0 Å². The van der Waals surface area contributed by atoms with Gasteiger partial charge in [0.2, 0.25) is 0 Å². The van der Waals surface area contributed by atoms with Crippen LogP contribution in [0.25, 0.3) is 0 Å². The van der Waals surface area contributed by atoms with E-state index in [9.17, 15) is 0 Å². The second kappa shape index (κ2) is 6.66. The molecule has 1 N–H and O–H groups in total. The van der Waals surface area contributed by atoms with E-state index in [1.807, 2.05) is 6.20 Å². The van der Waals surface area contributed by atoms with Gasteiger partial charge in [0, 0.05) is 41.4 Å². The van der Waals surface area contributed by atoms with Crippen LogP contribution >= 0.6 is 15.9 Å². The number of halogens is 1. The molecule has 4 heteroatoms. The third-order valence-corrected chi connectivity index (χ3v) is 4.62. The zero-order valence-electron chi connectivity index (χ0n) is 13.9. The topological polar surface area (TPSA) is 28.2 Å². The fourth-order valence-corrected chi connectivity index (χ4v) is 3.15. The minimum absolute atomic E-state index is 0.116. The van der Waals surface area contributed by atoms with Crippen molar-refractivity contribution in [2.45, 2.75) is 53.1 Å². The molecule has 0 aliphatic carbocycles. The van der Waals surface area contributed by atoms with Crippen molar-refractivity contribution in [1.82, 2.24) is 10.3 Å². The first-order valence-corrected chi connectivity index (χ1v) is 8.70. The van der Waals surface area contributed by atoms with Gasteiger partial charge in [0.05, 0.1) is 0 Å². The molecule has 0 aromatic carbocycles. The summed E-state index contributed by atoms with van der Waals surface area (Å²) in [7, 11) is 0. The van der Waals surface area contributed by atoms with Crippen LogP contribution in [0.15, 0.2) is 16.7 Å². The van der Waals surface area contributed by atoms with Crippen molar-refractivity contribution in [1.29, 1.82) is 0 Å². The normalized spacial score (nSPS) is 19.6. The number of nitrogens with zero attached hydrogens (tertiary/aromatic N) is 2. The molecule has 21 heavy (non-hydrogen) atoms. The van der Waals surface area contributed by atoms with Gasteiger partial charge in [0.1, 0.15) is 5.82 Å². The number of rotatable bonds is 4. The fraction of sp³-hybridized carbons (Fsp3) is 0.706. The zero-order valence-corrected chi connectivity index (χ0v) is 15.5. The van der Waals surface area contributed by atoms with E-state index in [0.29, 0.717) is 0 Å². The minimum atomic E-state index is 0.116. The lowest BCUT2D eigenvalue weighted by atomic mass is 9.95. The standard InChI is InChI=1S/C17H28BrN3/c1-12(2)13-6-7-21(11-13)16-14(8-15(18)10-19-16)9-20-17(3,4)5/h8,10,12-13,20H,6-7,9,11H2,1-5H3. The number of anilines is 1. The Morgan fingerprint density at radius 3 is 2.71 bits per heavy atom. The lowest BCUT2D eigenvalue weighted by Gasteiger charge is -2.25. The van der Waals surface area contributed by atoms with Crippen molar-refractivity contribution >= 4 is 21.7 Å². The molecule has 0 saturated carbocycles. The minimum Gasteiger partial charge on any atom is -0.356 e. The van der Waals surface area contributed by atoms with E-state index in [1.54, 1.807) is 0 Å². The van der Waals surface area contributed by atoms with Gasteiger partial charge in [0.25, 0.3) is 0 Å². The fourth-order valence-electron chi connectivity index (χ4n) is 2.77. The van der Waals surface area contributed by atoms with E-state index >= 15 is 0 Å². The van der Waals surface area contributed by atoms with Gasteiger partial charge >= 0.3 is 0 Å². The molecule has 1 saturated heterocycles. The SMILES string of the molecule is CC(C)C1CCN(c2ncc(Br)cc2CNC(C)(C)C)C1. The lowest BCUT2D eigenvalue weighted by Crippen LogP contribution is -2.36. The maximum Gasteiger partial charge on any atom is 0.133 e. The van der Waals surface area contributed by atoms with E-state index in [4.69, 9.17) is 4.98 Å². The van der Waals surface area contributed by atoms with Crippen LogP contribution in [-0.4, -0.2) is 23.6 Å². The van der Waals surface area contributed by atoms with Crippen molar-refractivity contribution in [2.75, 3.05) is 18.0 Å². The molecule has 2 rings (SSSR count). The quantitative estimate of drug-likeness (QED) is 0.878. The predicted molar refractivity (Wildman–Crippen MR) is 93.7 cm³/mol. The molecule has 1 aromatic rings. The summed E-state index contributed by atoms with van der Waals surface area (Å²) in [6.07, 6.45) is 3.19. The molecular weight excluding hydrogens is 326 g/mol. The smallest absolute Gasteiger partial charge is 0.133 e. The number of pyridine rings is 1. The first kappa shape index (κ1) is 16.8.